The van der Waals surface area contributed by atoms with Crippen molar-refractivity contribution < 1.29 is 4.79 Å². The summed E-state index contributed by atoms with van der Waals surface area (Å²) in [5.41, 5.74) is 2.92. The molecule has 0 N–H and O–H groups in total. The van der Waals surface area contributed by atoms with Gasteiger partial charge in [0.25, 0.3) is 5.91 Å². The normalized spacial score (nSPS) is 11.2. The van der Waals surface area contributed by atoms with Gasteiger partial charge in [0.2, 0.25) is 0 Å². The van der Waals surface area contributed by atoms with Gasteiger partial charge in [-0.15, -0.1) is 0 Å². The first-order chi connectivity index (χ1) is 15.1. The van der Waals surface area contributed by atoms with E-state index in [0.29, 0.717) is 11.4 Å². The summed E-state index contributed by atoms with van der Waals surface area (Å²) >= 11 is 6.95. The first kappa shape index (κ1) is 21.2. The highest BCUT2D eigenvalue weighted by atomic mass is 79.9. The summed E-state index contributed by atoms with van der Waals surface area (Å²) in [5.74, 6) is 0.404. The molecule has 0 heterocycles. The van der Waals surface area contributed by atoms with Crippen molar-refractivity contribution in [3.05, 3.63) is 129 Å². The SMILES string of the molecule is O=C(c1ccccc1)N(C(=Nc1ccc(Br)cc1)c1ccccc1)c1ccc(Br)cc1. The zero-order chi connectivity index (χ0) is 21.6. The van der Waals surface area contributed by atoms with Crippen LogP contribution in [0.2, 0.25) is 0 Å². The molecule has 4 rings (SSSR count). The minimum atomic E-state index is -0.150. The van der Waals surface area contributed by atoms with Crippen molar-refractivity contribution in [2.75, 3.05) is 4.90 Å². The highest BCUT2D eigenvalue weighted by Gasteiger charge is 2.24. The average molecular weight is 534 g/mol. The van der Waals surface area contributed by atoms with Crippen molar-refractivity contribution in [2.45, 2.75) is 0 Å². The summed E-state index contributed by atoms with van der Waals surface area (Å²) in [5, 5.41) is 0. The van der Waals surface area contributed by atoms with Gasteiger partial charge in [0, 0.05) is 20.1 Å². The molecule has 4 aromatic carbocycles. The van der Waals surface area contributed by atoms with E-state index in [-0.39, 0.29) is 5.91 Å². The van der Waals surface area contributed by atoms with E-state index in [1.165, 1.54) is 0 Å². The monoisotopic (exact) mass is 532 g/mol. The lowest BCUT2D eigenvalue weighted by atomic mass is 10.1. The van der Waals surface area contributed by atoms with Crippen molar-refractivity contribution in [1.82, 2.24) is 0 Å². The molecular weight excluding hydrogens is 516 g/mol. The van der Waals surface area contributed by atoms with E-state index in [9.17, 15) is 4.79 Å². The third-order valence-electron chi connectivity index (χ3n) is 4.61. The van der Waals surface area contributed by atoms with Crippen LogP contribution in [-0.2, 0) is 0 Å². The van der Waals surface area contributed by atoms with Crippen molar-refractivity contribution in [3.8, 4) is 0 Å². The lowest BCUT2D eigenvalue weighted by Gasteiger charge is -2.25. The fourth-order valence-corrected chi connectivity index (χ4v) is 3.63. The fraction of sp³-hybridized carbons (Fsp3) is 0. The summed E-state index contributed by atoms with van der Waals surface area (Å²) in [4.78, 5) is 20.3. The van der Waals surface area contributed by atoms with E-state index in [4.69, 9.17) is 4.99 Å². The van der Waals surface area contributed by atoms with Crippen molar-refractivity contribution in [2.24, 2.45) is 4.99 Å². The van der Waals surface area contributed by atoms with Gasteiger partial charge in [-0.25, -0.2) is 4.99 Å². The molecule has 1 amide bonds. The zero-order valence-corrected chi connectivity index (χ0v) is 19.6. The maximum Gasteiger partial charge on any atom is 0.264 e. The number of halogens is 2. The number of nitrogens with zero attached hydrogens (tertiary/aromatic N) is 2. The largest absolute Gasteiger partial charge is 0.268 e. The summed E-state index contributed by atoms with van der Waals surface area (Å²) in [6.07, 6.45) is 0. The number of amidine groups is 1. The van der Waals surface area contributed by atoms with E-state index in [1.54, 1.807) is 4.90 Å². The van der Waals surface area contributed by atoms with Gasteiger partial charge < -0.3 is 0 Å². The van der Waals surface area contributed by atoms with E-state index in [1.807, 2.05) is 109 Å². The summed E-state index contributed by atoms with van der Waals surface area (Å²) < 4.78 is 1.91. The number of anilines is 1. The van der Waals surface area contributed by atoms with Gasteiger partial charge in [0.15, 0.2) is 0 Å². The Morgan fingerprint density at radius 1 is 0.613 bits per heavy atom. The highest BCUT2D eigenvalue weighted by Crippen LogP contribution is 2.26. The number of hydrogen-bond acceptors (Lipinski definition) is 2. The van der Waals surface area contributed by atoms with Crippen LogP contribution >= 0.6 is 31.9 Å². The maximum absolute atomic E-state index is 13.7. The molecule has 0 saturated heterocycles. The van der Waals surface area contributed by atoms with E-state index < -0.39 is 0 Å². The minimum absolute atomic E-state index is 0.150. The van der Waals surface area contributed by atoms with Gasteiger partial charge in [-0.05, 0) is 60.7 Å². The Morgan fingerprint density at radius 2 is 1.10 bits per heavy atom. The summed E-state index contributed by atoms with van der Waals surface area (Å²) in [6.45, 7) is 0. The average Bonchev–Trinajstić information content (AvgIpc) is 2.82. The van der Waals surface area contributed by atoms with Crippen molar-refractivity contribution >= 4 is 55.0 Å². The standard InChI is InChI=1S/C26H18Br2N2O/c27-21-11-15-23(16-12-21)29-25(19-7-3-1-4-8-19)30(24-17-13-22(28)14-18-24)26(31)20-9-5-2-6-10-20/h1-18H. The number of amides is 1. The first-order valence-electron chi connectivity index (χ1n) is 9.66. The Kier molecular flexibility index (Phi) is 6.75. The van der Waals surface area contributed by atoms with Crippen molar-refractivity contribution in [3.63, 3.8) is 0 Å². The van der Waals surface area contributed by atoms with Gasteiger partial charge in [0.05, 0.1) is 11.4 Å². The lowest BCUT2D eigenvalue weighted by molar-refractivity contribution is 0.100. The second-order valence-electron chi connectivity index (χ2n) is 6.76. The van der Waals surface area contributed by atoms with E-state index in [2.05, 4.69) is 31.9 Å². The van der Waals surface area contributed by atoms with Crippen LogP contribution in [-0.4, -0.2) is 11.7 Å². The number of rotatable bonds is 4. The quantitative estimate of drug-likeness (QED) is 0.196. The van der Waals surface area contributed by atoms with Crippen LogP contribution < -0.4 is 4.90 Å². The number of aliphatic imine (C=N–C) groups is 1. The first-order valence-corrected chi connectivity index (χ1v) is 11.3. The molecule has 0 saturated carbocycles. The van der Waals surface area contributed by atoms with Gasteiger partial charge in [-0.2, -0.15) is 0 Å². The third-order valence-corrected chi connectivity index (χ3v) is 5.67. The number of carbonyl (C=O) groups is 1. The van der Waals surface area contributed by atoms with Crippen LogP contribution in [0, 0.1) is 0 Å². The third kappa shape index (κ3) is 5.19. The van der Waals surface area contributed by atoms with Crippen LogP contribution in [0.4, 0.5) is 11.4 Å². The van der Waals surface area contributed by atoms with Gasteiger partial charge in [-0.3, -0.25) is 9.69 Å². The Hall–Kier alpha value is -3.02. The molecule has 31 heavy (non-hydrogen) atoms. The molecule has 152 valence electrons. The van der Waals surface area contributed by atoms with E-state index in [0.717, 1.165) is 25.9 Å². The molecule has 0 aliphatic carbocycles. The molecule has 0 aromatic heterocycles. The molecule has 0 unspecified atom stereocenters. The van der Waals surface area contributed by atoms with Crippen molar-refractivity contribution in [1.29, 1.82) is 0 Å². The maximum atomic E-state index is 13.7. The Balaban J connectivity index is 1.92. The van der Waals surface area contributed by atoms with Crippen LogP contribution in [0.1, 0.15) is 15.9 Å². The number of carbonyl (C=O) groups excluding carboxylic acids is 1. The molecule has 0 atom stereocenters. The molecule has 0 aliphatic rings. The van der Waals surface area contributed by atoms with Crippen LogP contribution in [0.5, 0.6) is 0 Å². The molecule has 0 fully saturated rings. The predicted octanol–water partition coefficient (Wildman–Crippen LogP) is 7.64. The van der Waals surface area contributed by atoms with Crippen LogP contribution in [0.25, 0.3) is 0 Å². The number of benzene rings is 4. The molecular formula is C26H18Br2N2O. The predicted molar refractivity (Wildman–Crippen MR) is 134 cm³/mol. The fourth-order valence-electron chi connectivity index (χ4n) is 3.10. The second-order valence-corrected chi connectivity index (χ2v) is 8.59. The van der Waals surface area contributed by atoms with E-state index >= 15 is 0 Å². The van der Waals surface area contributed by atoms with Gasteiger partial charge in [-0.1, -0.05) is 80.4 Å². The molecule has 0 spiro atoms. The summed E-state index contributed by atoms with van der Waals surface area (Å²) in [6, 6.07) is 34.4. The molecule has 0 bridgehead atoms. The smallest absolute Gasteiger partial charge is 0.264 e. The second kappa shape index (κ2) is 9.86. The molecule has 3 nitrogen and oxygen atoms in total. The molecule has 4 aromatic rings. The number of hydrogen-bond donors (Lipinski definition) is 0. The molecule has 5 heteroatoms. The van der Waals surface area contributed by atoms with Gasteiger partial charge in [0.1, 0.15) is 5.84 Å². The molecule has 0 aliphatic heterocycles. The molecule has 0 radical (unpaired) electrons. The Bertz CT molecular complexity index is 1190. The van der Waals surface area contributed by atoms with Crippen LogP contribution in [0.15, 0.2) is 123 Å². The Morgan fingerprint density at radius 3 is 1.65 bits per heavy atom. The minimum Gasteiger partial charge on any atom is -0.268 e. The highest BCUT2D eigenvalue weighted by molar-refractivity contribution is 9.10. The van der Waals surface area contributed by atoms with Crippen LogP contribution in [0.3, 0.4) is 0 Å². The van der Waals surface area contributed by atoms with Gasteiger partial charge >= 0.3 is 0 Å². The Labute approximate surface area is 198 Å². The summed E-state index contributed by atoms with van der Waals surface area (Å²) in [7, 11) is 0. The topological polar surface area (TPSA) is 32.7 Å². The zero-order valence-electron chi connectivity index (χ0n) is 16.5. The lowest BCUT2D eigenvalue weighted by Crippen LogP contribution is -2.37.